The van der Waals surface area contributed by atoms with Crippen molar-refractivity contribution in [3.8, 4) is 0 Å². The Morgan fingerprint density at radius 3 is 2.75 bits per heavy atom. The number of rotatable bonds is 6. The summed E-state index contributed by atoms with van der Waals surface area (Å²) in [5.74, 6) is -0.0330. The van der Waals surface area contributed by atoms with E-state index in [1.165, 1.54) is 5.56 Å². The molecule has 5 nitrogen and oxygen atoms in total. The van der Waals surface area contributed by atoms with Crippen molar-refractivity contribution in [2.24, 2.45) is 0 Å². The van der Waals surface area contributed by atoms with Gasteiger partial charge in [-0.05, 0) is 32.0 Å². The molecule has 2 N–H and O–H groups in total. The first-order valence-electron chi connectivity index (χ1n) is 6.73. The second-order valence-corrected chi connectivity index (χ2v) is 4.80. The Balaban J connectivity index is 1.75. The summed E-state index contributed by atoms with van der Waals surface area (Å²) in [6.07, 6.45) is 3.65. The van der Waals surface area contributed by atoms with Crippen molar-refractivity contribution in [3.05, 3.63) is 48.3 Å². The molecule has 1 aromatic carbocycles. The number of carbonyl (C=O) groups is 1. The molecule has 0 spiro atoms. The zero-order chi connectivity index (χ0) is 14.4. The van der Waals surface area contributed by atoms with E-state index in [2.05, 4.69) is 15.7 Å². The highest BCUT2D eigenvalue weighted by molar-refractivity contribution is 5.94. The van der Waals surface area contributed by atoms with Crippen LogP contribution in [0.15, 0.2) is 42.7 Å². The number of aryl methyl sites for hydroxylation is 1. The highest BCUT2D eigenvalue weighted by Crippen LogP contribution is 2.08. The van der Waals surface area contributed by atoms with Gasteiger partial charge >= 0.3 is 0 Å². The third kappa shape index (κ3) is 4.20. The minimum atomic E-state index is -0.244. The number of amides is 1. The molecule has 1 unspecified atom stereocenters. The molecule has 5 heteroatoms. The van der Waals surface area contributed by atoms with Crippen molar-refractivity contribution in [1.82, 2.24) is 15.1 Å². The van der Waals surface area contributed by atoms with E-state index in [0.717, 1.165) is 12.2 Å². The summed E-state index contributed by atoms with van der Waals surface area (Å²) in [7, 11) is 0. The van der Waals surface area contributed by atoms with E-state index < -0.39 is 0 Å². The number of hydrogen-bond donors (Lipinski definition) is 2. The van der Waals surface area contributed by atoms with Crippen LogP contribution in [0.4, 0.5) is 5.69 Å². The Morgan fingerprint density at radius 2 is 2.10 bits per heavy atom. The lowest BCUT2D eigenvalue weighted by Crippen LogP contribution is -2.39. The third-order valence-corrected chi connectivity index (χ3v) is 3.06. The fraction of sp³-hybridized carbons (Fsp3) is 0.333. The summed E-state index contributed by atoms with van der Waals surface area (Å²) in [6, 6.07) is 9.41. The number of hydrogen-bond acceptors (Lipinski definition) is 3. The summed E-state index contributed by atoms with van der Waals surface area (Å²) in [5.41, 5.74) is 2.00. The van der Waals surface area contributed by atoms with Crippen molar-refractivity contribution < 1.29 is 4.79 Å². The summed E-state index contributed by atoms with van der Waals surface area (Å²) < 4.78 is 1.83. The normalized spacial score (nSPS) is 12.1. The van der Waals surface area contributed by atoms with Crippen molar-refractivity contribution in [2.75, 3.05) is 11.9 Å². The standard InChI is InChI=1S/C15H20N4O/c1-12-4-6-14(7-5-12)18-15(20)13(2)16-9-11-19-10-3-8-17-19/h3-8,10,13,16H,9,11H2,1-2H3,(H,18,20). The van der Waals surface area contributed by atoms with Gasteiger partial charge in [0.25, 0.3) is 0 Å². The summed E-state index contributed by atoms with van der Waals surface area (Å²) >= 11 is 0. The molecule has 0 aliphatic carbocycles. The number of nitrogens with one attached hydrogen (secondary N) is 2. The van der Waals surface area contributed by atoms with Gasteiger partial charge in [0.2, 0.25) is 5.91 Å². The molecule has 1 aromatic heterocycles. The van der Waals surface area contributed by atoms with E-state index >= 15 is 0 Å². The predicted molar refractivity (Wildman–Crippen MR) is 79.5 cm³/mol. The van der Waals surface area contributed by atoms with Crippen LogP contribution in [0.3, 0.4) is 0 Å². The molecule has 1 amide bonds. The molecule has 0 fully saturated rings. The Morgan fingerprint density at radius 1 is 1.35 bits per heavy atom. The fourth-order valence-corrected chi connectivity index (χ4v) is 1.81. The first-order chi connectivity index (χ1) is 9.65. The molecule has 0 aliphatic heterocycles. The van der Waals surface area contributed by atoms with E-state index in [1.807, 2.05) is 55.1 Å². The minimum Gasteiger partial charge on any atom is -0.325 e. The lowest BCUT2D eigenvalue weighted by molar-refractivity contribution is -0.117. The predicted octanol–water partition coefficient (Wildman–Crippen LogP) is 1.81. The first-order valence-corrected chi connectivity index (χ1v) is 6.73. The maximum absolute atomic E-state index is 12.0. The van der Waals surface area contributed by atoms with Crippen LogP contribution in [-0.2, 0) is 11.3 Å². The molecule has 0 saturated heterocycles. The second kappa shape index (κ2) is 6.86. The lowest BCUT2D eigenvalue weighted by Gasteiger charge is -2.14. The summed E-state index contributed by atoms with van der Waals surface area (Å²) in [5, 5.41) is 10.2. The maximum atomic E-state index is 12.0. The Hall–Kier alpha value is -2.14. The van der Waals surface area contributed by atoms with Crippen LogP contribution < -0.4 is 10.6 Å². The average molecular weight is 272 g/mol. The molecule has 106 valence electrons. The molecule has 0 saturated carbocycles. The van der Waals surface area contributed by atoms with Gasteiger partial charge in [-0.2, -0.15) is 5.10 Å². The molecule has 20 heavy (non-hydrogen) atoms. The highest BCUT2D eigenvalue weighted by Gasteiger charge is 2.11. The highest BCUT2D eigenvalue weighted by atomic mass is 16.2. The number of nitrogens with zero attached hydrogens (tertiary/aromatic N) is 2. The van der Waals surface area contributed by atoms with Crippen LogP contribution in [0.25, 0.3) is 0 Å². The van der Waals surface area contributed by atoms with Crippen LogP contribution in [-0.4, -0.2) is 28.3 Å². The van der Waals surface area contributed by atoms with Gasteiger partial charge in [0.15, 0.2) is 0 Å². The quantitative estimate of drug-likeness (QED) is 0.843. The van der Waals surface area contributed by atoms with Crippen molar-refractivity contribution in [2.45, 2.75) is 26.4 Å². The van der Waals surface area contributed by atoms with Gasteiger partial charge in [-0.15, -0.1) is 0 Å². The molecule has 0 bridgehead atoms. The van der Waals surface area contributed by atoms with Gasteiger partial charge in [-0.1, -0.05) is 17.7 Å². The van der Waals surface area contributed by atoms with Gasteiger partial charge in [-0.3, -0.25) is 9.48 Å². The van der Waals surface area contributed by atoms with Crippen molar-refractivity contribution >= 4 is 11.6 Å². The topological polar surface area (TPSA) is 59.0 Å². The van der Waals surface area contributed by atoms with Crippen LogP contribution in [0.5, 0.6) is 0 Å². The van der Waals surface area contributed by atoms with E-state index in [-0.39, 0.29) is 11.9 Å². The molecule has 0 radical (unpaired) electrons. The van der Waals surface area contributed by atoms with Gasteiger partial charge in [0, 0.05) is 24.6 Å². The zero-order valence-electron chi connectivity index (χ0n) is 11.8. The van der Waals surface area contributed by atoms with Crippen LogP contribution >= 0.6 is 0 Å². The Labute approximate surface area is 119 Å². The molecule has 2 rings (SSSR count). The van der Waals surface area contributed by atoms with Crippen molar-refractivity contribution in [3.63, 3.8) is 0 Å². The van der Waals surface area contributed by atoms with Gasteiger partial charge in [-0.25, -0.2) is 0 Å². The van der Waals surface area contributed by atoms with E-state index in [0.29, 0.717) is 6.54 Å². The van der Waals surface area contributed by atoms with Gasteiger partial charge in [0.05, 0.1) is 12.6 Å². The Bertz CT molecular complexity index is 534. The minimum absolute atomic E-state index is 0.0330. The molecular formula is C15H20N4O. The van der Waals surface area contributed by atoms with Crippen molar-refractivity contribution in [1.29, 1.82) is 0 Å². The number of benzene rings is 1. The lowest BCUT2D eigenvalue weighted by atomic mass is 10.2. The smallest absolute Gasteiger partial charge is 0.241 e. The molecular weight excluding hydrogens is 252 g/mol. The number of anilines is 1. The number of aromatic nitrogens is 2. The van der Waals surface area contributed by atoms with Gasteiger partial charge < -0.3 is 10.6 Å². The molecule has 2 aromatic rings. The van der Waals surface area contributed by atoms with Gasteiger partial charge in [0.1, 0.15) is 0 Å². The molecule has 0 aliphatic rings. The maximum Gasteiger partial charge on any atom is 0.241 e. The fourth-order valence-electron chi connectivity index (χ4n) is 1.81. The monoisotopic (exact) mass is 272 g/mol. The van der Waals surface area contributed by atoms with E-state index in [4.69, 9.17) is 0 Å². The van der Waals surface area contributed by atoms with Crippen LogP contribution in [0.2, 0.25) is 0 Å². The zero-order valence-corrected chi connectivity index (χ0v) is 11.8. The molecule has 1 atom stereocenters. The third-order valence-electron chi connectivity index (χ3n) is 3.06. The van der Waals surface area contributed by atoms with Crippen LogP contribution in [0, 0.1) is 6.92 Å². The van der Waals surface area contributed by atoms with Crippen LogP contribution in [0.1, 0.15) is 12.5 Å². The second-order valence-electron chi connectivity index (χ2n) is 4.80. The summed E-state index contributed by atoms with van der Waals surface area (Å²) in [6.45, 7) is 5.32. The SMILES string of the molecule is Cc1ccc(NC(=O)C(C)NCCn2cccn2)cc1. The van der Waals surface area contributed by atoms with E-state index in [9.17, 15) is 4.79 Å². The Kier molecular flexibility index (Phi) is 4.90. The average Bonchev–Trinajstić information content (AvgIpc) is 2.94. The van der Waals surface area contributed by atoms with E-state index in [1.54, 1.807) is 6.20 Å². The molecule has 1 heterocycles. The number of carbonyl (C=O) groups excluding carboxylic acids is 1. The first kappa shape index (κ1) is 14.3. The largest absolute Gasteiger partial charge is 0.325 e. The summed E-state index contributed by atoms with van der Waals surface area (Å²) in [4.78, 5) is 12.0.